The Hall–Kier alpha value is -3.40. The van der Waals surface area contributed by atoms with Gasteiger partial charge < -0.3 is 23.5 Å². The summed E-state index contributed by atoms with van der Waals surface area (Å²) in [6.07, 6.45) is 2.19. The van der Waals surface area contributed by atoms with Crippen LogP contribution in [0.5, 0.6) is 23.0 Å². The van der Waals surface area contributed by atoms with Gasteiger partial charge in [0.2, 0.25) is 11.7 Å². The first kappa shape index (κ1) is 22.8. The lowest BCUT2D eigenvalue weighted by Crippen LogP contribution is -2.25. The Labute approximate surface area is 190 Å². The van der Waals surface area contributed by atoms with E-state index in [1.165, 1.54) is 19.2 Å². The summed E-state index contributed by atoms with van der Waals surface area (Å²) in [4.78, 5) is 6.75. The van der Waals surface area contributed by atoms with E-state index in [9.17, 15) is 8.78 Å². The molecule has 0 atom stereocenters. The monoisotopic (exact) mass is 461 g/mol. The molecule has 0 amide bonds. The summed E-state index contributed by atoms with van der Waals surface area (Å²) in [6, 6.07) is 10.6. The van der Waals surface area contributed by atoms with Gasteiger partial charge in [0.05, 0.1) is 27.9 Å². The van der Waals surface area contributed by atoms with Gasteiger partial charge >= 0.3 is 6.61 Å². The molecule has 10 heteroatoms. The maximum Gasteiger partial charge on any atom is 0.387 e. The van der Waals surface area contributed by atoms with Gasteiger partial charge in [-0.3, -0.25) is 4.90 Å². The Morgan fingerprint density at radius 2 is 1.73 bits per heavy atom. The molecule has 1 aliphatic carbocycles. The number of benzene rings is 2. The van der Waals surface area contributed by atoms with Gasteiger partial charge in [-0.1, -0.05) is 5.16 Å². The summed E-state index contributed by atoms with van der Waals surface area (Å²) in [5.74, 6) is 2.42. The number of rotatable bonds is 11. The Kier molecular flexibility index (Phi) is 6.93. The van der Waals surface area contributed by atoms with Crippen molar-refractivity contribution in [2.75, 3.05) is 21.3 Å². The Bertz CT molecular complexity index is 1090. The van der Waals surface area contributed by atoms with Crippen molar-refractivity contribution in [3.05, 3.63) is 47.9 Å². The van der Waals surface area contributed by atoms with E-state index in [-0.39, 0.29) is 11.5 Å². The molecule has 3 aromatic rings. The van der Waals surface area contributed by atoms with Crippen molar-refractivity contribution in [3.8, 4) is 34.4 Å². The van der Waals surface area contributed by atoms with Gasteiger partial charge in [-0.25, -0.2) is 0 Å². The van der Waals surface area contributed by atoms with Crippen LogP contribution in [0.2, 0.25) is 0 Å². The zero-order chi connectivity index (χ0) is 23.4. The van der Waals surface area contributed by atoms with Crippen molar-refractivity contribution >= 4 is 0 Å². The Morgan fingerprint density at radius 3 is 2.39 bits per heavy atom. The number of aromatic nitrogens is 2. The normalized spacial score (nSPS) is 13.4. The fraction of sp³-hybridized carbons (Fsp3) is 0.391. The minimum atomic E-state index is -2.95. The van der Waals surface area contributed by atoms with E-state index in [0.717, 1.165) is 29.9 Å². The minimum absolute atomic E-state index is 0.0629. The fourth-order valence-electron chi connectivity index (χ4n) is 3.59. The van der Waals surface area contributed by atoms with Gasteiger partial charge in [-0.05, 0) is 49.2 Å². The van der Waals surface area contributed by atoms with Crippen molar-refractivity contribution in [2.24, 2.45) is 0 Å². The molecule has 0 unspecified atom stereocenters. The molecule has 1 aromatic heterocycles. The van der Waals surface area contributed by atoms with Crippen molar-refractivity contribution in [1.82, 2.24) is 15.0 Å². The van der Waals surface area contributed by atoms with E-state index in [2.05, 4.69) is 19.8 Å². The van der Waals surface area contributed by atoms with Crippen LogP contribution in [0.25, 0.3) is 11.4 Å². The molecule has 1 fully saturated rings. The molecule has 0 saturated heterocycles. The van der Waals surface area contributed by atoms with E-state index in [4.69, 9.17) is 18.7 Å². The number of methoxy groups -OCH3 is 3. The smallest absolute Gasteiger partial charge is 0.387 e. The lowest BCUT2D eigenvalue weighted by molar-refractivity contribution is -0.0512. The first-order valence-electron chi connectivity index (χ1n) is 10.4. The van der Waals surface area contributed by atoms with Gasteiger partial charge in [0.25, 0.3) is 0 Å². The van der Waals surface area contributed by atoms with Crippen LogP contribution in [0.1, 0.15) is 24.3 Å². The number of hydrogen-bond donors (Lipinski definition) is 0. The largest absolute Gasteiger partial charge is 0.497 e. The number of halogens is 2. The van der Waals surface area contributed by atoms with Gasteiger partial charge in [0.15, 0.2) is 11.5 Å². The van der Waals surface area contributed by atoms with E-state index in [1.807, 2.05) is 18.2 Å². The quantitative estimate of drug-likeness (QED) is 0.412. The molecule has 0 bridgehead atoms. The maximum atomic E-state index is 12.6. The van der Waals surface area contributed by atoms with Gasteiger partial charge in [-0.2, -0.15) is 13.8 Å². The number of nitrogens with zero attached hydrogens (tertiary/aromatic N) is 3. The third-order valence-electron chi connectivity index (χ3n) is 5.37. The molecular formula is C23H25F2N3O5. The highest BCUT2D eigenvalue weighted by Crippen LogP contribution is 2.34. The van der Waals surface area contributed by atoms with Gasteiger partial charge in [-0.15, -0.1) is 0 Å². The summed E-state index contributed by atoms with van der Waals surface area (Å²) >= 11 is 0. The highest BCUT2D eigenvalue weighted by Gasteiger charge is 2.31. The van der Waals surface area contributed by atoms with Crippen LogP contribution in [0.15, 0.2) is 40.9 Å². The second kappa shape index (κ2) is 10.0. The predicted molar refractivity (Wildman–Crippen MR) is 115 cm³/mol. The van der Waals surface area contributed by atoms with Crippen molar-refractivity contribution in [1.29, 1.82) is 0 Å². The summed E-state index contributed by atoms with van der Waals surface area (Å²) in [7, 11) is 4.65. The molecule has 4 rings (SSSR count). The molecule has 0 N–H and O–H groups in total. The summed E-state index contributed by atoms with van der Waals surface area (Å²) in [5.41, 5.74) is 1.57. The maximum absolute atomic E-state index is 12.6. The average molecular weight is 461 g/mol. The van der Waals surface area contributed by atoms with E-state index in [0.29, 0.717) is 36.4 Å². The topological polar surface area (TPSA) is 79.1 Å². The van der Waals surface area contributed by atoms with Crippen molar-refractivity contribution in [2.45, 2.75) is 38.6 Å². The SMILES string of the molecule is COc1ccc(OC)c(CN(Cc2nc(-c3ccc(OC(F)F)c(OC)c3)no2)C2CC2)c1. The molecule has 176 valence electrons. The van der Waals surface area contributed by atoms with E-state index in [1.54, 1.807) is 20.3 Å². The van der Waals surface area contributed by atoms with E-state index < -0.39 is 6.61 Å². The predicted octanol–water partition coefficient (Wildman–Crippen LogP) is 4.53. The van der Waals surface area contributed by atoms with Crippen LogP contribution in [0.4, 0.5) is 8.78 Å². The molecule has 1 saturated carbocycles. The second-order valence-corrected chi connectivity index (χ2v) is 7.57. The third kappa shape index (κ3) is 5.51. The molecule has 0 spiro atoms. The van der Waals surface area contributed by atoms with Gasteiger partial charge in [0.1, 0.15) is 11.5 Å². The third-order valence-corrected chi connectivity index (χ3v) is 5.37. The highest BCUT2D eigenvalue weighted by atomic mass is 19.3. The summed E-state index contributed by atoms with van der Waals surface area (Å²) < 4.78 is 51.1. The van der Waals surface area contributed by atoms with Crippen molar-refractivity contribution in [3.63, 3.8) is 0 Å². The minimum Gasteiger partial charge on any atom is -0.497 e. The van der Waals surface area contributed by atoms with Crippen LogP contribution in [-0.2, 0) is 13.1 Å². The molecule has 33 heavy (non-hydrogen) atoms. The zero-order valence-corrected chi connectivity index (χ0v) is 18.6. The Morgan fingerprint density at radius 1 is 0.970 bits per heavy atom. The van der Waals surface area contributed by atoms with Crippen LogP contribution >= 0.6 is 0 Å². The molecule has 1 aliphatic rings. The standard InChI is InChI=1S/C23H25F2N3O5/c1-29-17-7-9-18(30-2)15(10-17)12-28(16-5-6-16)13-21-26-22(27-33-21)14-4-8-19(32-23(24)25)20(11-14)31-3/h4,7-11,16,23H,5-6,12-13H2,1-3H3. The lowest BCUT2D eigenvalue weighted by atomic mass is 10.1. The lowest BCUT2D eigenvalue weighted by Gasteiger charge is -2.21. The fourth-order valence-corrected chi connectivity index (χ4v) is 3.59. The molecular weight excluding hydrogens is 436 g/mol. The molecule has 8 nitrogen and oxygen atoms in total. The van der Waals surface area contributed by atoms with Gasteiger partial charge in [0, 0.05) is 23.7 Å². The Balaban J connectivity index is 1.51. The first-order chi connectivity index (χ1) is 16.0. The molecule has 2 aromatic carbocycles. The van der Waals surface area contributed by atoms with Crippen LogP contribution in [-0.4, -0.2) is 49.0 Å². The number of hydrogen-bond acceptors (Lipinski definition) is 8. The highest BCUT2D eigenvalue weighted by molar-refractivity contribution is 5.60. The molecule has 0 aliphatic heterocycles. The first-order valence-corrected chi connectivity index (χ1v) is 10.4. The van der Waals surface area contributed by atoms with Crippen LogP contribution in [0.3, 0.4) is 0 Å². The zero-order valence-electron chi connectivity index (χ0n) is 18.6. The average Bonchev–Trinajstić information content (AvgIpc) is 3.57. The van der Waals surface area contributed by atoms with E-state index >= 15 is 0 Å². The number of ether oxygens (including phenoxy) is 4. The summed E-state index contributed by atoms with van der Waals surface area (Å²) in [6.45, 7) is -1.85. The molecule has 1 heterocycles. The van der Waals surface area contributed by atoms with Crippen molar-refractivity contribution < 1.29 is 32.3 Å². The molecule has 0 radical (unpaired) electrons. The number of alkyl halides is 2. The van der Waals surface area contributed by atoms with Crippen LogP contribution in [0, 0.1) is 0 Å². The van der Waals surface area contributed by atoms with Crippen LogP contribution < -0.4 is 18.9 Å². The second-order valence-electron chi connectivity index (χ2n) is 7.57. The summed E-state index contributed by atoms with van der Waals surface area (Å²) in [5, 5.41) is 4.05.